The Balaban J connectivity index is 2.02. The van der Waals surface area contributed by atoms with Crippen LogP contribution >= 0.6 is 27.5 Å². The third kappa shape index (κ3) is 3.22. The zero-order valence-electron chi connectivity index (χ0n) is 9.55. The molecule has 1 saturated heterocycles. The molecule has 88 valence electrons. The SMILES string of the molecule is CC1CCCN(Cc2ccc(Cl)cc2Br)C1. The van der Waals surface area contributed by atoms with Gasteiger partial charge in [0, 0.05) is 22.6 Å². The summed E-state index contributed by atoms with van der Waals surface area (Å²) in [5.41, 5.74) is 1.33. The quantitative estimate of drug-likeness (QED) is 0.786. The lowest BCUT2D eigenvalue weighted by atomic mass is 10.00. The van der Waals surface area contributed by atoms with Crippen LogP contribution in [0.2, 0.25) is 5.02 Å². The van der Waals surface area contributed by atoms with Gasteiger partial charge in [0.05, 0.1) is 0 Å². The molecule has 1 unspecified atom stereocenters. The fourth-order valence-corrected chi connectivity index (χ4v) is 3.13. The first-order valence-electron chi connectivity index (χ1n) is 5.81. The predicted octanol–water partition coefficient (Wildman–Crippen LogP) is 4.33. The molecule has 0 radical (unpaired) electrons. The number of nitrogens with zero attached hydrogens (tertiary/aromatic N) is 1. The van der Waals surface area contributed by atoms with Crippen LogP contribution in [0.4, 0.5) is 0 Å². The lowest BCUT2D eigenvalue weighted by Gasteiger charge is -2.31. The van der Waals surface area contributed by atoms with E-state index in [-0.39, 0.29) is 0 Å². The number of halogens is 2. The summed E-state index contributed by atoms with van der Waals surface area (Å²) in [6.45, 7) is 5.81. The smallest absolute Gasteiger partial charge is 0.0417 e. The Hall–Kier alpha value is -0.0500. The number of hydrogen-bond donors (Lipinski definition) is 0. The van der Waals surface area contributed by atoms with Crippen LogP contribution in [0, 0.1) is 5.92 Å². The van der Waals surface area contributed by atoms with Crippen molar-refractivity contribution in [3.05, 3.63) is 33.3 Å². The molecule has 1 aliphatic heterocycles. The van der Waals surface area contributed by atoms with Gasteiger partial charge in [-0.15, -0.1) is 0 Å². The Kier molecular flexibility index (Phi) is 4.28. The maximum Gasteiger partial charge on any atom is 0.0417 e. The first-order chi connectivity index (χ1) is 7.65. The van der Waals surface area contributed by atoms with Crippen molar-refractivity contribution in [2.75, 3.05) is 13.1 Å². The van der Waals surface area contributed by atoms with E-state index in [1.54, 1.807) is 0 Å². The van der Waals surface area contributed by atoms with Crippen LogP contribution in [0.1, 0.15) is 25.3 Å². The maximum atomic E-state index is 5.94. The van der Waals surface area contributed by atoms with E-state index in [9.17, 15) is 0 Å². The fraction of sp³-hybridized carbons (Fsp3) is 0.538. The molecule has 1 atom stereocenters. The molecule has 0 spiro atoms. The van der Waals surface area contributed by atoms with E-state index in [2.05, 4.69) is 33.8 Å². The zero-order chi connectivity index (χ0) is 11.5. The molecule has 0 aliphatic carbocycles. The highest BCUT2D eigenvalue weighted by Crippen LogP contribution is 2.24. The summed E-state index contributed by atoms with van der Waals surface area (Å²) in [5.74, 6) is 0.833. The van der Waals surface area contributed by atoms with Crippen LogP contribution in [0.3, 0.4) is 0 Å². The van der Waals surface area contributed by atoms with Gasteiger partial charge in [-0.25, -0.2) is 0 Å². The summed E-state index contributed by atoms with van der Waals surface area (Å²) in [6, 6.07) is 6.06. The molecule has 1 aliphatic rings. The van der Waals surface area contributed by atoms with Gasteiger partial charge in [-0.1, -0.05) is 40.5 Å². The normalized spacial score (nSPS) is 22.3. The summed E-state index contributed by atoms with van der Waals surface area (Å²) >= 11 is 9.52. The van der Waals surface area contributed by atoms with Crippen molar-refractivity contribution in [3.8, 4) is 0 Å². The topological polar surface area (TPSA) is 3.24 Å². The number of piperidine rings is 1. The Labute approximate surface area is 111 Å². The van der Waals surface area contributed by atoms with Gasteiger partial charge in [-0.2, -0.15) is 0 Å². The molecule has 0 aromatic heterocycles. The average molecular weight is 303 g/mol. The monoisotopic (exact) mass is 301 g/mol. The van der Waals surface area contributed by atoms with Crippen LogP contribution in [0.25, 0.3) is 0 Å². The minimum absolute atomic E-state index is 0.794. The van der Waals surface area contributed by atoms with Crippen molar-refractivity contribution < 1.29 is 0 Å². The summed E-state index contributed by atoms with van der Waals surface area (Å²) < 4.78 is 1.12. The highest BCUT2D eigenvalue weighted by molar-refractivity contribution is 9.10. The lowest BCUT2D eigenvalue weighted by molar-refractivity contribution is 0.176. The van der Waals surface area contributed by atoms with Crippen molar-refractivity contribution in [1.29, 1.82) is 0 Å². The van der Waals surface area contributed by atoms with Gasteiger partial charge in [-0.3, -0.25) is 4.90 Å². The summed E-state index contributed by atoms with van der Waals surface area (Å²) in [5, 5.41) is 0.794. The van der Waals surface area contributed by atoms with Gasteiger partial charge in [-0.05, 0) is 43.0 Å². The second kappa shape index (κ2) is 5.52. The van der Waals surface area contributed by atoms with Gasteiger partial charge in [0.15, 0.2) is 0 Å². The van der Waals surface area contributed by atoms with Gasteiger partial charge >= 0.3 is 0 Å². The van der Waals surface area contributed by atoms with Gasteiger partial charge in [0.2, 0.25) is 0 Å². The molecule has 16 heavy (non-hydrogen) atoms. The number of likely N-dealkylation sites (tertiary alicyclic amines) is 1. The highest BCUT2D eigenvalue weighted by Gasteiger charge is 2.16. The third-order valence-corrected chi connectivity index (χ3v) is 4.12. The van der Waals surface area contributed by atoms with Crippen LogP contribution in [0.5, 0.6) is 0 Å². The molecule has 1 aromatic rings. The molecular formula is C13H17BrClN. The standard InChI is InChI=1S/C13H17BrClN/c1-10-3-2-6-16(8-10)9-11-4-5-12(15)7-13(11)14/h4-5,7,10H,2-3,6,8-9H2,1H3. The van der Waals surface area contributed by atoms with Crippen molar-refractivity contribution in [2.45, 2.75) is 26.3 Å². The van der Waals surface area contributed by atoms with Crippen LogP contribution in [-0.2, 0) is 6.54 Å². The van der Waals surface area contributed by atoms with Gasteiger partial charge in [0.1, 0.15) is 0 Å². The maximum absolute atomic E-state index is 5.94. The molecule has 1 nitrogen and oxygen atoms in total. The molecule has 0 N–H and O–H groups in total. The van der Waals surface area contributed by atoms with E-state index in [4.69, 9.17) is 11.6 Å². The molecule has 0 amide bonds. The third-order valence-electron chi connectivity index (χ3n) is 3.15. The summed E-state index contributed by atoms with van der Waals surface area (Å²) in [6.07, 6.45) is 2.70. The first-order valence-corrected chi connectivity index (χ1v) is 6.98. The molecular weight excluding hydrogens is 286 g/mol. The predicted molar refractivity (Wildman–Crippen MR) is 72.8 cm³/mol. The van der Waals surface area contributed by atoms with E-state index in [0.717, 1.165) is 22.0 Å². The molecule has 3 heteroatoms. The molecule has 2 rings (SSSR count). The minimum atomic E-state index is 0.794. The molecule has 1 heterocycles. The van der Waals surface area contributed by atoms with E-state index < -0.39 is 0 Å². The van der Waals surface area contributed by atoms with Crippen LogP contribution < -0.4 is 0 Å². The van der Waals surface area contributed by atoms with Crippen molar-refractivity contribution >= 4 is 27.5 Å². The second-order valence-electron chi connectivity index (χ2n) is 4.72. The second-order valence-corrected chi connectivity index (χ2v) is 6.01. The highest BCUT2D eigenvalue weighted by atomic mass is 79.9. The van der Waals surface area contributed by atoms with Crippen LogP contribution in [0.15, 0.2) is 22.7 Å². The molecule has 0 bridgehead atoms. The van der Waals surface area contributed by atoms with Gasteiger partial charge < -0.3 is 0 Å². The Morgan fingerprint density at radius 1 is 1.50 bits per heavy atom. The Morgan fingerprint density at radius 2 is 2.31 bits per heavy atom. The molecule has 0 saturated carbocycles. The summed E-state index contributed by atoms with van der Waals surface area (Å²) in [4.78, 5) is 2.53. The van der Waals surface area contributed by atoms with Crippen LogP contribution in [-0.4, -0.2) is 18.0 Å². The van der Waals surface area contributed by atoms with Crippen molar-refractivity contribution in [3.63, 3.8) is 0 Å². The van der Waals surface area contributed by atoms with E-state index in [1.165, 1.54) is 31.5 Å². The molecule has 1 aromatic carbocycles. The fourth-order valence-electron chi connectivity index (χ4n) is 2.32. The Morgan fingerprint density at radius 3 is 3.00 bits per heavy atom. The zero-order valence-corrected chi connectivity index (χ0v) is 11.9. The largest absolute Gasteiger partial charge is 0.299 e. The first kappa shape index (κ1) is 12.4. The molecule has 1 fully saturated rings. The minimum Gasteiger partial charge on any atom is -0.299 e. The number of benzene rings is 1. The number of hydrogen-bond acceptors (Lipinski definition) is 1. The van der Waals surface area contributed by atoms with E-state index >= 15 is 0 Å². The average Bonchev–Trinajstić information content (AvgIpc) is 2.22. The van der Waals surface area contributed by atoms with Crippen molar-refractivity contribution in [1.82, 2.24) is 4.90 Å². The van der Waals surface area contributed by atoms with E-state index in [1.807, 2.05) is 12.1 Å². The lowest BCUT2D eigenvalue weighted by Crippen LogP contribution is -2.33. The number of rotatable bonds is 2. The van der Waals surface area contributed by atoms with Crippen molar-refractivity contribution in [2.24, 2.45) is 5.92 Å². The Bertz CT molecular complexity index is 367. The van der Waals surface area contributed by atoms with Gasteiger partial charge in [0.25, 0.3) is 0 Å². The van der Waals surface area contributed by atoms with E-state index in [0.29, 0.717) is 0 Å². The summed E-state index contributed by atoms with van der Waals surface area (Å²) in [7, 11) is 0.